The van der Waals surface area contributed by atoms with Crippen molar-refractivity contribution < 1.29 is 22.7 Å². The van der Waals surface area contributed by atoms with Crippen LogP contribution in [0, 0.1) is 5.41 Å². The van der Waals surface area contributed by atoms with Gasteiger partial charge in [-0.3, -0.25) is 4.79 Å². The maximum absolute atomic E-state index is 12.7. The van der Waals surface area contributed by atoms with E-state index in [0.29, 0.717) is 50.0 Å². The van der Waals surface area contributed by atoms with Crippen molar-refractivity contribution in [3.8, 4) is 0 Å². The Kier molecular flexibility index (Phi) is 8.35. The second-order valence-corrected chi connectivity index (χ2v) is 11.5. The molecule has 0 bridgehead atoms. The van der Waals surface area contributed by atoms with Crippen molar-refractivity contribution >= 4 is 33.4 Å². The summed E-state index contributed by atoms with van der Waals surface area (Å²) < 4.78 is 32.3. The molecule has 1 N–H and O–H groups in total. The number of ether oxygens (including phenoxy) is 1. The molecule has 2 aliphatic rings. The smallest absolute Gasteiger partial charge is 0.317 e. The van der Waals surface area contributed by atoms with Gasteiger partial charge in [0.05, 0.1) is 6.61 Å². The van der Waals surface area contributed by atoms with Gasteiger partial charge in [-0.05, 0) is 55.9 Å². The maximum atomic E-state index is 12.7. The molecule has 174 valence electrons. The highest BCUT2D eigenvalue weighted by atomic mass is 32.2. The van der Waals surface area contributed by atoms with Gasteiger partial charge >= 0.3 is 12.0 Å². The Balaban J connectivity index is 1.36. The summed E-state index contributed by atoms with van der Waals surface area (Å²) in [5, 5.41) is 4.76. The van der Waals surface area contributed by atoms with Crippen LogP contribution in [0.1, 0.15) is 51.9 Å². The quantitative estimate of drug-likeness (QED) is 0.441. The molecule has 2 saturated heterocycles. The largest absolute Gasteiger partial charge is 0.466 e. The molecule has 0 unspecified atom stereocenters. The topological polar surface area (TPSA) is 96.0 Å². The lowest BCUT2D eigenvalue weighted by atomic mass is 9.78. The van der Waals surface area contributed by atoms with Gasteiger partial charge < -0.3 is 15.0 Å². The van der Waals surface area contributed by atoms with E-state index >= 15 is 0 Å². The Morgan fingerprint density at radius 1 is 1.16 bits per heavy atom. The van der Waals surface area contributed by atoms with E-state index in [0.717, 1.165) is 38.5 Å². The lowest BCUT2D eigenvalue weighted by Crippen LogP contribution is -2.45. The molecule has 8 nitrogen and oxygen atoms in total. The molecule has 2 amide bonds. The number of hydrogen-bond donors (Lipinski definition) is 1. The standard InChI is InChI=1S/C21H33N3O5S2/c1-2-29-18(25)7-4-3-5-12-22-20(26)23-13-9-21(17-23)10-14-24(15-11-21)31(27,28)19-8-6-16-30-19/h6,8,16H,2-5,7,9-15,17H2,1H3,(H,22,26). The average molecular weight is 472 g/mol. The van der Waals surface area contributed by atoms with E-state index in [4.69, 9.17) is 4.74 Å². The van der Waals surface area contributed by atoms with Crippen LogP contribution < -0.4 is 5.32 Å². The van der Waals surface area contributed by atoms with Crippen molar-refractivity contribution in [2.24, 2.45) is 5.41 Å². The van der Waals surface area contributed by atoms with Crippen molar-refractivity contribution in [3.05, 3.63) is 17.5 Å². The lowest BCUT2D eigenvalue weighted by Gasteiger charge is -2.38. The van der Waals surface area contributed by atoms with E-state index in [-0.39, 0.29) is 17.4 Å². The van der Waals surface area contributed by atoms with Crippen LogP contribution >= 0.6 is 11.3 Å². The number of hydrogen-bond acceptors (Lipinski definition) is 6. The molecule has 10 heteroatoms. The monoisotopic (exact) mass is 471 g/mol. The fraction of sp³-hybridized carbons (Fsp3) is 0.714. The molecular formula is C21H33N3O5S2. The van der Waals surface area contributed by atoms with Crippen LogP contribution in [0.2, 0.25) is 0 Å². The number of sulfonamides is 1. The molecule has 0 radical (unpaired) electrons. The number of thiophene rings is 1. The first kappa shape index (κ1) is 24.0. The number of carbonyl (C=O) groups is 2. The van der Waals surface area contributed by atoms with E-state index in [1.165, 1.54) is 11.3 Å². The van der Waals surface area contributed by atoms with E-state index in [1.807, 2.05) is 4.90 Å². The summed E-state index contributed by atoms with van der Waals surface area (Å²) in [5.74, 6) is -0.164. The normalized spacial score (nSPS) is 18.9. The number of likely N-dealkylation sites (tertiary alicyclic amines) is 1. The molecule has 2 aliphatic heterocycles. The zero-order valence-corrected chi connectivity index (χ0v) is 19.8. The van der Waals surface area contributed by atoms with Crippen LogP contribution in [0.4, 0.5) is 4.79 Å². The van der Waals surface area contributed by atoms with E-state index < -0.39 is 10.0 Å². The van der Waals surface area contributed by atoms with Crippen molar-refractivity contribution in [1.82, 2.24) is 14.5 Å². The van der Waals surface area contributed by atoms with Crippen molar-refractivity contribution in [1.29, 1.82) is 0 Å². The summed E-state index contributed by atoms with van der Waals surface area (Å²) in [7, 11) is -3.39. The number of nitrogens with one attached hydrogen (secondary N) is 1. The fourth-order valence-corrected chi connectivity index (χ4v) is 6.95. The Morgan fingerprint density at radius 3 is 2.58 bits per heavy atom. The molecule has 1 spiro atoms. The molecule has 1 aromatic heterocycles. The summed E-state index contributed by atoms with van der Waals surface area (Å²) >= 11 is 1.25. The van der Waals surface area contributed by atoms with Crippen LogP contribution in [0.15, 0.2) is 21.7 Å². The molecule has 3 heterocycles. The highest BCUT2D eigenvalue weighted by Gasteiger charge is 2.44. The third kappa shape index (κ3) is 6.20. The molecule has 0 aromatic carbocycles. The zero-order valence-electron chi connectivity index (χ0n) is 18.2. The second-order valence-electron chi connectivity index (χ2n) is 8.36. The van der Waals surface area contributed by atoms with Crippen LogP contribution in [-0.2, 0) is 19.6 Å². The predicted molar refractivity (Wildman–Crippen MR) is 119 cm³/mol. The maximum Gasteiger partial charge on any atom is 0.317 e. The summed E-state index contributed by atoms with van der Waals surface area (Å²) in [6.07, 6.45) is 5.40. The van der Waals surface area contributed by atoms with Crippen LogP contribution in [0.3, 0.4) is 0 Å². The SMILES string of the molecule is CCOC(=O)CCCCCNC(=O)N1CCC2(CCN(S(=O)(=O)c3cccs3)CC2)C1. The molecule has 31 heavy (non-hydrogen) atoms. The summed E-state index contributed by atoms with van der Waals surface area (Å²) in [5.41, 5.74) is 0.0262. The predicted octanol–water partition coefficient (Wildman–Crippen LogP) is 3.06. The Morgan fingerprint density at radius 2 is 1.90 bits per heavy atom. The summed E-state index contributed by atoms with van der Waals surface area (Å²) in [6, 6.07) is 3.37. The minimum Gasteiger partial charge on any atom is -0.466 e. The average Bonchev–Trinajstić information content (AvgIpc) is 3.42. The number of carbonyl (C=O) groups excluding carboxylic acids is 2. The molecule has 0 aliphatic carbocycles. The zero-order chi connectivity index (χ0) is 22.3. The van der Waals surface area contributed by atoms with E-state index in [2.05, 4.69) is 5.32 Å². The van der Waals surface area contributed by atoms with Gasteiger partial charge in [0.1, 0.15) is 4.21 Å². The third-order valence-corrected chi connectivity index (χ3v) is 9.51. The Bertz CT molecular complexity index is 833. The van der Waals surface area contributed by atoms with Gasteiger partial charge in [-0.25, -0.2) is 13.2 Å². The molecule has 3 rings (SSSR count). The first-order chi connectivity index (χ1) is 14.9. The minimum atomic E-state index is -3.39. The first-order valence-electron chi connectivity index (χ1n) is 11.1. The minimum absolute atomic E-state index is 0.0262. The number of amides is 2. The number of rotatable bonds is 9. The second kappa shape index (κ2) is 10.8. The fourth-order valence-electron chi connectivity index (χ4n) is 4.37. The van der Waals surface area contributed by atoms with Crippen molar-refractivity contribution in [2.75, 3.05) is 39.3 Å². The number of piperidine rings is 1. The van der Waals surface area contributed by atoms with Crippen molar-refractivity contribution in [3.63, 3.8) is 0 Å². The van der Waals surface area contributed by atoms with Crippen LogP contribution in [-0.4, -0.2) is 69.0 Å². The molecule has 0 atom stereocenters. The summed E-state index contributed by atoms with van der Waals surface area (Å²) in [4.78, 5) is 25.7. The molecule has 0 saturated carbocycles. The first-order valence-corrected chi connectivity index (χ1v) is 13.4. The summed E-state index contributed by atoms with van der Waals surface area (Å²) in [6.45, 7) is 5.23. The van der Waals surface area contributed by atoms with Gasteiger partial charge in [-0.1, -0.05) is 12.5 Å². The molecular weight excluding hydrogens is 438 g/mol. The van der Waals surface area contributed by atoms with Gasteiger partial charge in [-0.2, -0.15) is 4.31 Å². The lowest BCUT2D eigenvalue weighted by molar-refractivity contribution is -0.143. The highest BCUT2D eigenvalue weighted by Crippen LogP contribution is 2.41. The number of unbranched alkanes of at least 4 members (excludes halogenated alkanes) is 2. The highest BCUT2D eigenvalue weighted by molar-refractivity contribution is 7.91. The van der Waals surface area contributed by atoms with Gasteiger partial charge in [0.25, 0.3) is 10.0 Å². The number of esters is 1. The number of nitrogens with zero attached hydrogens (tertiary/aromatic N) is 2. The Labute approximate surface area is 189 Å². The van der Waals surface area contributed by atoms with Gasteiger partial charge in [-0.15, -0.1) is 11.3 Å². The molecule has 1 aromatic rings. The number of urea groups is 1. The van der Waals surface area contributed by atoms with Gasteiger partial charge in [0, 0.05) is 39.1 Å². The van der Waals surface area contributed by atoms with Gasteiger partial charge in [0.15, 0.2) is 0 Å². The van der Waals surface area contributed by atoms with Crippen molar-refractivity contribution in [2.45, 2.75) is 56.1 Å². The third-order valence-electron chi connectivity index (χ3n) is 6.24. The van der Waals surface area contributed by atoms with Crippen LogP contribution in [0.5, 0.6) is 0 Å². The van der Waals surface area contributed by atoms with E-state index in [9.17, 15) is 18.0 Å². The Hall–Kier alpha value is -1.65. The van der Waals surface area contributed by atoms with E-state index in [1.54, 1.807) is 28.7 Å². The molecule has 2 fully saturated rings. The van der Waals surface area contributed by atoms with Gasteiger partial charge in [0.2, 0.25) is 0 Å². The van der Waals surface area contributed by atoms with Crippen LogP contribution in [0.25, 0.3) is 0 Å².